The number of halogens is 1. The molecule has 0 bridgehead atoms. The Morgan fingerprint density at radius 1 is 1.56 bits per heavy atom. The lowest BCUT2D eigenvalue weighted by Gasteiger charge is -2.11. The summed E-state index contributed by atoms with van der Waals surface area (Å²) >= 11 is 5.60. The topological polar surface area (TPSA) is 75.2 Å². The van der Waals surface area contributed by atoms with Gasteiger partial charge in [0.2, 0.25) is 11.2 Å². The van der Waals surface area contributed by atoms with E-state index in [0.29, 0.717) is 5.82 Å². The van der Waals surface area contributed by atoms with Gasteiger partial charge in [-0.05, 0) is 17.7 Å². The van der Waals surface area contributed by atoms with Crippen LogP contribution in [0.2, 0.25) is 5.28 Å². The van der Waals surface area contributed by atoms with E-state index in [9.17, 15) is 9.59 Å². The van der Waals surface area contributed by atoms with Crippen molar-refractivity contribution in [2.75, 3.05) is 12.4 Å². The first-order valence-corrected chi connectivity index (χ1v) is 5.01. The predicted octanol–water partition coefficient (Wildman–Crippen LogP) is 0.299. The molecular formula is C9H9ClN4O2. The van der Waals surface area contributed by atoms with Crippen LogP contribution in [0.1, 0.15) is 6.42 Å². The highest BCUT2D eigenvalue weighted by Crippen LogP contribution is 2.16. The maximum atomic E-state index is 11.6. The third-order valence-corrected chi connectivity index (χ3v) is 2.51. The van der Waals surface area contributed by atoms with E-state index in [4.69, 9.17) is 11.6 Å². The molecule has 2 rings (SSSR count). The summed E-state index contributed by atoms with van der Waals surface area (Å²) in [6, 6.07) is 1.02. The molecule has 2 amide bonds. The minimum atomic E-state index is -0.566. The van der Waals surface area contributed by atoms with Gasteiger partial charge in [0.25, 0.3) is 5.91 Å². The zero-order valence-corrected chi connectivity index (χ0v) is 9.23. The van der Waals surface area contributed by atoms with Crippen LogP contribution >= 0.6 is 11.6 Å². The van der Waals surface area contributed by atoms with Gasteiger partial charge in [0.15, 0.2) is 0 Å². The third-order valence-electron chi connectivity index (χ3n) is 2.33. The van der Waals surface area contributed by atoms with Crippen LogP contribution in [0.25, 0.3) is 0 Å². The number of carbonyl (C=O) groups is 2. The summed E-state index contributed by atoms with van der Waals surface area (Å²) in [5.74, 6) is -0.0381. The summed E-state index contributed by atoms with van der Waals surface area (Å²) in [5.41, 5.74) is 0. The highest BCUT2D eigenvalue weighted by Gasteiger charge is 2.36. The lowest BCUT2D eigenvalue weighted by Crippen LogP contribution is -2.32. The summed E-state index contributed by atoms with van der Waals surface area (Å²) in [5, 5.41) is 2.94. The van der Waals surface area contributed by atoms with Gasteiger partial charge in [0.05, 0.1) is 6.42 Å². The second kappa shape index (κ2) is 4.05. The molecule has 1 N–H and O–H groups in total. The Hall–Kier alpha value is -1.69. The summed E-state index contributed by atoms with van der Waals surface area (Å²) in [6.07, 6.45) is 1.61. The van der Waals surface area contributed by atoms with Crippen molar-refractivity contribution in [1.29, 1.82) is 0 Å². The lowest BCUT2D eigenvalue weighted by molar-refractivity contribution is -0.136. The number of hydrogen-bond acceptors (Lipinski definition) is 5. The molecule has 0 spiro atoms. The van der Waals surface area contributed by atoms with Crippen LogP contribution in [0.15, 0.2) is 12.3 Å². The summed E-state index contributed by atoms with van der Waals surface area (Å²) in [6.45, 7) is 0. The highest BCUT2D eigenvalue weighted by molar-refractivity contribution is 6.28. The molecule has 1 atom stereocenters. The Balaban J connectivity index is 2.12. The Labute approximate surface area is 96.6 Å². The van der Waals surface area contributed by atoms with Crippen molar-refractivity contribution in [2.24, 2.45) is 0 Å². The molecule has 2 heterocycles. The van der Waals surface area contributed by atoms with Crippen LogP contribution in [0, 0.1) is 0 Å². The minimum absolute atomic E-state index is 0.0927. The van der Waals surface area contributed by atoms with Gasteiger partial charge in [-0.3, -0.25) is 14.5 Å². The van der Waals surface area contributed by atoms with Crippen LogP contribution < -0.4 is 5.32 Å². The van der Waals surface area contributed by atoms with Crippen molar-refractivity contribution in [3.63, 3.8) is 0 Å². The quantitative estimate of drug-likeness (QED) is 0.594. The van der Waals surface area contributed by atoms with E-state index in [1.54, 1.807) is 6.07 Å². The maximum absolute atomic E-state index is 11.6. The molecule has 1 saturated heterocycles. The molecule has 7 heteroatoms. The normalized spacial score (nSPS) is 20.4. The predicted molar refractivity (Wildman–Crippen MR) is 56.8 cm³/mol. The smallest absolute Gasteiger partial charge is 0.251 e. The summed E-state index contributed by atoms with van der Waals surface area (Å²) < 4.78 is 0. The molecule has 1 aliphatic rings. The zero-order valence-electron chi connectivity index (χ0n) is 8.48. The Morgan fingerprint density at radius 2 is 2.31 bits per heavy atom. The lowest BCUT2D eigenvalue weighted by atomic mass is 10.2. The van der Waals surface area contributed by atoms with Gasteiger partial charge in [-0.25, -0.2) is 9.97 Å². The average Bonchev–Trinajstić information content (AvgIpc) is 2.47. The number of imide groups is 1. The van der Waals surface area contributed by atoms with E-state index in [-0.39, 0.29) is 23.5 Å². The Bertz CT molecular complexity index is 451. The van der Waals surface area contributed by atoms with Gasteiger partial charge in [0.1, 0.15) is 11.9 Å². The molecule has 1 aromatic rings. The number of likely N-dealkylation sites (tertiary alicyclic amines) is 1. The molecule has 6 nitrogen and oxygen atoms in total. The number of carbonyl (C=O) groups excluding carboxylic acids is 2. The Kier molecular flexibility index (Phi) is 2.74. The molecule has 16 heavy (non-hydrogen) atoms. The standard InChI is InChI=1S/C9H9ClN4O2/c1-14-7(15)4-5(8(14)16)12-6-2-3-11-9(10)13-6/h2-3,5H,4H2,1H3,(H,11,12,13). The Morgan fingerprint density at radius 3 is 2.88 bits per heavy atom. The molecule has 0 aromatic carbocycles. The van der Waals surface area contributed by atoms with Crippen molar-refractivity contribution >= 4 is 29.2 Å². The molecule has 0 aliphatic carbocycles. The van der Waals surface area contributed by atoms with Gasteiger partial charge in [-0.15, -0.1) is 0 Å². The number of likely N-dealkylation sites (N-methyl/N-ethyl adjacent to an activating group) is 1. The number of hydrogen-bond donors (Lipinski definition) is 1. The largest absolute Gasteiger partial charge is 0.358 e. The van der Waals surface area contributed by atoms with E-state index in [2.05, 4.69) is 15.3 Å². The number of aromatic nitrogens is 2. The fourth-order valence-corrected chi connectivity index (χ4v) is 1.61. The zero-order chi connectivity index (χ0) is 11.7. The summed E-state index contributed by atoms with van der Waals surface area (Å²) in [7, 11) is 1.46. The van der Waals surface area contributed by atoms with E-state index in [1.807, 2.05) is 0 Å². The van der Waals surface area contributed by atoms with Crippen LogP contribution in [-0.2, 0) is 9.59 Å². The third kappa shape index (κ3) is 1.96. The van der Waals surface area contributed by atoms with E-state index >= 15 is 0 Å². The molecule has 0 saturated carbocycles. The highest BCUT2D eigenvalue weighted by atomic mass is 35.5. The van der Waals surface area contributed by atoms with Crippen molar-refractivity contribution < 1.29 is 9.59 Å². The van der Waals surface area contributed by atoms with Gasteiger partial charge in [-0.2, -0.15) is 0 Å². The van der Waals surface area contributed by atoms with E-state index in [1.165, 1.54) is 13.2 Å². The van der Waals surface area contributed by atoms with Crippen LogP contribution in [0.3, 0.4) is 0 Å². The SMILES string of the molecule is CN1C(=O)CC(Nc2ccnc(Cl)n2)C1=O. The number of rotatable bonds is 2. The number of nitrogens with zero attached hydrogens (tertiary/aromatic N) is 3. The second-order valence-electron chi connectivity index (χ2n) is 3.40. The number of amides is 2. The maximum Gasteiger partial charge on any atom is 0.251 e. The fraction of sp³-hybridized carbons (Fsp3) is 0.333. The number of anilines is 1. The molecule has 84 valence electrons. The summed E-state index contributed by atoms with van der Waals surface area (Å²) in [4.78, 5) is 31.5. The minimum Gasteiger partial charge on any atom is -0.358 e. The van der Waals surface area contributed by atoms with Gasteiger partial charge in [0, 0.05) is 13.2 Å². The molecule has 1 unspecified atom stereocenters. The molecule has 0 radical (unpaired) electrons. The van der Waals surface area contributed by atoms with Crippen molar-refractivity contribution in [1.82, 2.24) is 14.9 Å². The second-order valence-corrected chi connectivity index (χ2v) is 3.74. The monoisotopic (exact) mass is 240 g/mol. The van der Waals surface area contributed by atoms with Crippen LogP contribution in [-0.4, -0.2) is 39.8 Å². The van der Waals surface area contributed by atoms with Crippen molar-refractivity contribution in [3.8, 4) is 0 Å². The number of nitrogens with one attached hydrogen (secondary N) is 1. The van der Waals surface area contributed by atoms with Gasteiger partial charge >= 0.3 is 0 Å². The van der Waals surface area contributed by atoms with Gasteiger partial charge in [-0.1, -0.05) is 0 Å². The fourth-order valence-electron chi connectivity index (χ4n) is 1.46. The first kappa shape index (κ1) is 10.8. The molecule has 1 aliphatic heterocycles. The van der Waals surface area contributed by atoms with Crippen molar-refractivity contribution in [2.45, 2.75) is 12.5 Å². The first-order chi connectivity index (χ1) is 7.58. The first-order valence-electron chi connectivity index (χ1n) is 4.63. The molecular weight excluding hydrogens is 232 g/mol. The van der Waals surface area contributed by atoms with E-state index < -0.39 is 6.04 Å². The molecule has 1 fully saturated rings. The van der Waals surface area contributed by atoms with Crippen molar-refractivity contribution in [3.05, 3.63) is 17.5 Å². The molecule has 1 aromatic heterocycles. The van der Waals surface area contributed by atoms with Crippen LogP contribution in [0.4, 0.5) is 5.82 Å². The van der Waals surface area contributed by atoms with Gasteiger partial charge < -0.3 is 5.32 Å². The van der Waals surface area contributed by atoms with E-state index in [0.717, 1.165) is 4.90 Å². The average molecular weight is 241 g/mol. The van der Waals surface area contributed by atoms with Crippen LogP contribution in [0.5, 0.6) is 0 Å².